The van der Waals surface area contributed by atoms with E-state index >= 15 is 0 Å². The van der Waals surface area contributed by atoms with Gasteiger partial charge in [0, 0.05) is 51.7 Å². The van der Waals surface area contributed by atoms with Crippen LogP contribution in [-0.2, 0) is 50.9 Å². The Bertz CT molecular complexity index is 1960. The molecule has 0 fully saturated rings. The minimum atomic E-state index is -0.718. The molecule has 2 heterocycles. The third kappa shape index (κ3) is 17.9. The molecule has 0 saturated carbocycles. The molecule has 0 saturated heterocycles. The molecule has 2 aromatic rings. The number of esters is 2. The Labute approximate surface area is 370 Å². The summed E-state index contributed by atoms with van der Waals surface area (Å²) in [5.74, 6) is -0.553. The number of fused-ring (bicyclic) bond motifs is 2. The Kier molecular flexibility index (Phi) is 23.5. The summed E-state index contributed by atoms with van der Waals surface area (Å²) in [6, 6.07) is 11.0. The molecule has 342 valence electrons. The van der Waals surface area contributed by atoms with Gasteiger partial charge in [0.2, 0.25) is 11.8 Å². The van der Waals surface area contributed by atoms with Gasteiger partial charge in [-0.3, -0.25) is 9.59 Å². The Morgan fingerprint density at radius 1 is 0.762 bits per heavy atom. The molecule has 0 bridgehead atoms. The predicted molar refractivity (Wildman–Crippen MR) is 236 cm³/mol. The lowest BCUT2D eigenvalue weighted by molar-refractivity contribution is -0.118. The highest BCUT2D eigenvalue weighted by Crippen LogP contribution is 2.30. The molecule has 2 aliphatic heterocycles. The topological polar surface area (TPSA) is 203 Å². The molecule has 2 aliphatic rings. The normalized spacial score (nSPS) is 22.9. The molecule has 63 heavy (non-hydrogen) atoms. The lowest BCUT2D eigenvalue weighted by Gasteiger charge is -2.28. The van der Waals surface area contributed by atoms with E-state index in [9.17, 15) is 19.2 Å². The quantitative estimate of drug-likeness (QED) is 0.0362. The summed E-state index contributed by atoms with van der Waals surface area (Å²) in [6.07, 6.45) is 17.3. The van der Waals surface area contributed by atoms with E-state index in [0.29, 0.717) is 54.7 Å². The largest absolute Gasteiger partial charge is 0.496 e. The molecule has 1 N–H and O–H groups in total. The molecule has 16 nitrogen and oxygen atoms in total. The number of cyclic esters (lactones) is 2. The maximum atomic E-state index is 13.2. The van der Waals surface area contributed by atoms with Crippen molar-refractivity contribution >= 4 is 23.8 Å². The Morgan fingerprint density at radius 3 is 1.67 bits per heavy atom. The molecular formula is C47H62N4O12. The van der Waals surface area contributed by atoms with Crippen molar-refractivity contribution in [2.24, 2.45) is 17.0 Å². The average molecular weight is 875 g/mol. The van der Waals surface area contributed by atoms with Crippen LogP contribution >= 0.6 is 0 Å². The van der Waals surface area contributed by atoms with Gasteiger partial charge in [-0.1, -0.05) is 74.6 Å². The van der Waals surface area contributed by atoms with E-state index in [4.69, 9.17) is 43.4 Å². The number of amides is 2. The van der Waals surface area contributed by atoms with Gasteiger partial charge in [-0.2, -0.15) is 0 Å². The number of azide groups is 1. The lowest BCUT2D eigenvalue weighted by atomic mass is 9.93. The number of carbonyl (C=O) groups is 4. The van der Waals surface area contributed by atoms with Gasteiger partial charge in [0.25, 0.3) is 0 Å². The van der Waals surface area contributed by atoms with Crippen molar-refractivity contribution < 1.29 is 57.1 Å². The molecule has 6 atom stereocenters. The minimum absolute atomic E-state index is 0.112. The average Bonchev–Trinajstić information content (AvgIpc) is 3.26. The molecule has 0 aromatic heterocycles. The Morgan fingerprint density at radius 2 is 1.24 bits per heavy atom. The van der Waals surface area contributed by atoms with E-state index in [1.807, 2.05) is 30.3 Å². The number of methoxy groups -OCH3 is 4. The minimum Gasteiger partial charge on any atom is -0.496 e. The first-order chi connectivity index (χ1) is 30.4. The van der Waals surface area contributed by atoms with Gasteiger partial charge in [-0.25, -0.2) is 9.59 Å². The number of hydrogen-bond donors (Lipinski definition) is 1. The summed E-state index contributed by atoms with van der Waals surface area (Å²) in [7, 11) is 6.17. The predicted octanol–water partition coefficient (Wildman–Crippen LogP) is 8.30. The van der Waals surface area contributed by atoms with E-state index in [-0.39, 0.29) is 50.0 Å². The summed E-state index contributed by atoms with van der Waals surface area (Å²) in [6.45, 7) is 5.89. The summed E-state index contributed by atoms with van der Waals surface area (Å²) in [4.78, 5) is 51.4. The van der Waals surface area contributed by atoms with Crippen LogP contribution in [0.3, 0.4) is 0 Å². The van der Waals surface area contributed by atoms with Gasteiger partial charge in [0.05, 0.1) is 26.4 Å². The van der Waals surface area contributed by atoms with Gasteiger partial charge in [0.15, 0.2) is 0 Å². The summed E-state index contributed by atoms with van der Waals surface area (Å²) in [5.41, 5.74) is 10.8. The van der Waals surface area contributed by atoms with Crippen LogP contribution in [0.5, 0.6) is 11.5 Å². The summed E-state index contributed by atoms with van der Waals surface area (Å²) >= 11 is 0. The van der Waals surface area contributed by atoms with Gasteiger partial charge in [0.1, 0.15) is 48.4 Å². The maximum absolute atomic E-state index is 13.2. The number of nitrogens with zero attached hydrogens (tertiary/aromatic N) is 3. The SMILES string of the molecule is COCO[C@@H]1C[C@H](C/C=C/C(=O)N=[N+]=[N-])OC(=O)c2c(cccc2OC)C/C=C/C[C@@H]1C.COCO[C@@H]1C[C@H](C/C=C/NC(C)=O)OC(=O)c2c(cccc2OC)C/C=C/C[C@@H]1C. The van der Waals surface area contributed by atoms with Crippen LogP contribution in [0.4, 0.5) is 0 Å². The number of hydrogen-bond acceptors (Lipinski definition) is 12. The molecule has 2 aromatic carbocycles. The van der Waals surface area contributed by atoms with Crippen molar-refractivity contribution in [3.05, 3.63) is 118 Å². The van der Waals surface area contributed by atoms with E-state index in [1.54, 1.807) is 45.7 Å². The summed E-state index contributed by atoms with van der Waals surface area (Å²) < 4.78 is 44.6. The second kappa shape index (κ2) is 28.8. The number of ether oxygens (including phenoxy) is 8. The lowest BCUT2D eigenvalue weighted by Crippen LogP contribution is -2.31. The molecule has 4 rings (SSSR count). The van der Waals surface area contributed by atoms with Crippen molar-refractivity contribution in [1.82, 2.24) is 5.32 Å². The zero-order valence-corrected chi connectivity index (χ0v) is 37.4. The van der Waals surface area contributed by atoms with Gasteiger partial charge in [-0.05, 0) is 83.7 Å². The van der Waals surface area contributed by atoms with Crippen LogP contribution in [0.2, 0.25) is 0 Å². The third-order valence-electron chi connectivity index (χ3n) is 10.3. The van der Waals surface area contributed by atoms with E-state index in [1.165, 1.54) is 20.1 Å². The highest BCUT2D eigenvalue weighted by Gasteiger charge is 2.29. The molecule has 2 amide bonds. The summed E-state index contributed by atoms with van der Waals surface area (Å²) in [5, 5.41) is 5.62. The molecule has 0 spiro atoms. The van der Waals surface area contributed by atoms with E-state index < -0.39 is 30.1 Å². The van der Waals surface area contributed by atoms with Gasteiger partial charge in [-0.15, -0.1) is 0 Å². The van der Waals surface area contributed by atoms with Crippen LogP contribution in [0.25, 0.3) is 10.4 Å². The smallest absolute Gasteiger partial charge is 0.342 e. The molecule has 0 radical (unpaired) electrons. The number of rotatable bonds is 14. The van der Waals surface area contributed by atoms with E-state index in [0.717, 1.165) is 30.0 Å². The van der Waals surface area contributed by atoms with Crippen molar-refractivity contribution in [2.45, 2.75) is 96.6 Å². The molecular weight excluding hydrogens is 813 g/mol. The van der Waals surface area contributed by atoms with Crippen LogP contribution < -0.4 is 14.8 Å². The molecule has 0 aliphatic carbocycles. The Hall–Kier alpha value is -5.77. The van der Waals surface area contributed by atoms with Crippen molar-refractivity contribution in [3.8, 4) is 11.5 Å². The van der Waals surface area contributed by atoms with Crippen molar-refractivity contribution in [1.29, 1.82) is 0 Å². The number of carbonyl (C=O) groups excluding carboxylic acids is 4. The first kappa shape index (κ1) is 51.6. The zero-order chi connectivity index (χ0) is 46.0. The monoisotopic (exact) mass is 874 g/mol. The van der Waals surface area contributed by atoms with Crippen LogP contribution in [0.15, 0.2) is 90.2 Å². The zero-order valence-electron chi connectivity index (χ0n) is 37.4. The van der Waals surface area contributed by atoms with Gasteiger partial charge < -0.3 is 43.2 Å². The van der Waals surface area contributed by atoms with Crippen molar-refractivity contribution in [3.63, 3.8) is 0 Å². The van der Waals surface area contributed by atoms with Crippen LogP contribution in [0.1, 0.15) is 91.1 Å². The first-order valence-corrected chi connectivity index (χ1v) is 20.9. The fourth-order valence-electron chi connectivity index (χ4n) is 7.00. The first-order valence-electron chi connectivity index (χ1n) is 20.9. The van der Waals surface area contributed by atoms with Gasteiger partial charge >= 0.3 is 11.9 Å². The number of benzene rings is 2. The fraction of sp³-hybridized carbons (Fsp3) is 0.489. The molecule has 0 unspecified atom stereocenters. The fourth-order valence-corrected chi connectivity index (χ4v) is 7.00. The highest BCUT2D eigenvalue weighted by atomic mass is 16.7. The standard InChI is InChI=1S/C24H33NO6.C23H29N3O6/c1-17-9-5-6-10-19-11-7-13-21(29-4)23(19)24(27)31-20(12-8-14-25-18(2)26)15-22(17)30-16-28-3;1-16-8-4-5-9-17-10-6-12-19(30-3)22(17)23(28)32-18(14-20(16)31-15-29-2)11-7-13-21(27)25-26-24/h5-8,11,13-14,17,20,22H,9-10,12,15-16H2,1-4H3,(H,25,26);4-7,10,12-13,16,18,20H,8-9,11,14-15H2,1-3H3/b6-5+,14-8+;5-4+,13-7+/t17-,20-,22+;16-,18-,20+/m00/s1. The third-order valence-corrected chi connectivity index (χ3v) is 10.3. The second-order valence-corrected chi connectivity index (χ2v) is 15.0. The van der Waals surface area contributed by atoms with E-state index in [2.05, 4.69) is 47.4 Å². The van der Waals surface area contributed by atoms with Crippen LogP contribution in [0, 0.1) is 11.8 Å². The Balaban J connectivity index is 0.000000335. The van der Waals surface area contributed by atoms with Crippen molar-refractivity contribution in [2.75, 3.05) is 42.0 Å². The maximum Gasteiger partial charge on any atom is 0.342 e. The number of nitrogens with one attached hydrogen (secondary N) is 1. The molecule has 16 heteroatoms. The second-order valence-electron chi connectivity index (χ2n) is 15.0. The number of allylic oxidation sites excluding steroid dienone is 4. The highest BCUT2D eigenvalue weighted by molar-refractivity contribution is 5.95. The van der Waals surface area contributed by atoms with Crippen LogP contribution in [-0.4, -0.2) is 90.2 Å².